The van der Waals surface area contributed by atoms with Gasteiger partial charge in [0.1, 0.15) is 11.0 Å². The summed E-state index contributed by atoms with van der Waals surface area (Å²) in [5.41, 5.74) is 2.71. The molecule has 2 N–H and O–H groups in total. The fraction of sp³-hybridized carbons (Fsp3) is 0.0714. The average molecular weight is 319 g/mol. The van der Waals surface area contributed by atoms with Gasteiger partial charge < -0.3 is 10.6 Å². The number of amides is 1. The Balaban J connectivity index is 1.72. The van der Waals surface area contributed by atoms with E-state index in [4.69, 9.17) is 11.6 Å². The number of hydrogen-bond acceptors (Lipinski definition) is 5. The van der Waals surface area contributed by atoms with E-state index < -0.39 is 0 Å². The molecule has 0 aliphatic carbocycles. The van der Waals surface area contributed by atoms with Crippen molar-refractivity contribution >= 4 is 51.6 Å². The van der Waals surface area contributed by atoms with Crippen LogP contribution in [-0.4, -0.2) is 21.2 Å². The molecule has 0 aliphatic heterocycles. The van der Waals surface area contributed by atoms with Crippen molar-refractivity contribution < 1.29 is 4.79 Å². The van der Waals surface area contributed by atoms with Crippen LogP contribution < -0.4 is 10.6 Å². The maximum Gasteiger partial charge on any atom is 0.243 e. The Kier molecular flexibility index (Phi) is 3.98. The molecular formula is C14H11ClN4OS. The van der Waals surface area contributed by atoms with Crippen molar-refractivity contribution in [2.45, 2.75) is 0 Å². The third kappa shape index (κ3) is 3.12. The summed E-state index contributed by atoms with van der Waals surface area (Å²) in [4.78, 5) is 12.0. The highest BCUT2D eigenvalue weighted by molar-refractivity contribution is 7.00. The minimum absolute atomic E-state index is 0.147. The highest BCUT2D eigenvalue weighted by Crippen LogP contribution is 2.29. The lowest BCUT2D eigenvalue weighted by atomic mass is 10.2. The molecule has 0 atom stereocenters. The topological polar surface area (TPSA) is 66.9 Å². The Morgan fingerprint density at radius 3 is 2.76 bits per heavy atom. The van der Waals surface area contributed by atoms with Gasteiger partial charge in [0.2, 0.25) is 5.91 Å². The number of benzene rings is 2. The summed E-state index contributed by atoms with van der Waals surface area (Å²) < 4.78 is 8.29. The molecule has 3 rings (SSSR count). The molecule has 1 aromatic heterocycles. The molecule has 5 nitrogen and oxygen atoms in total. The van der Waals surface area contributed by atoms with E-state index in [1.807, 2.05) is 30.3 Å². The van der Waals surface area contributed by atoms with Gasteiger partial charge in [-0.2, -0.15) is 8.75 Å². The Bertz CT molecular complexity index is 775. The predicted molar refractivity (Wildman–Crippen MR) is 86.0 cm³/mol. The van der Waals surface area contributed by atoms with Crippen LogP contribution in [0.2, 0.25) is 5.02 Å². The van der Waals surface area contributed by atoms with Gasteiger partial charge in [0.15, 0.2) is 0 Å². The minimum atomic E-state index is -0.193. The van der Waals surface area contributed by atoms with Crippen LogP contribution in [0.4, 0.5) is 11.4 Å². The first kappa shape index (κ1) is 13.8. The van der Waals surface area contributed by atoms with Crippen LogP contribution in [0.1, 0.15) is 0 Å². The highest BCUT2D eigenvalue weighted by Gasteiger charge is 2.12. The number of rotatable bonds is 4. The van der Waals surface area contributed by atoms with Crippen LogP contribution in [0.5, 0.6) is 0 Å². The molecule has 1 heterocycles. The van der Waals surface area contributed by atoms with Gasteiger partial charge in [-0.3, -0.25) is 4.79 Å². The number of carbonyl (C=O) groups is 1. The summed E-state index contributed by atoms with van der Waals surface area (Å²) in [6.07, 6.45) is 0. The smallest absolute Gasteiger partial charge is 0.243 e. The summed E-state index contributed by atoms with van der Waals surface area (Å²) in [6, 6.07) is 13.0. The lowest BCUT2D eigenvalue weighted by Crippen LogP contribution is -2.22. The van der Waals surface area contributed by atoms with E-state index in [0.717, 1.165) is 22.9 Å². The normalized spacial score (nSPS) is 10.5. The van der Waals surface area contributed by atoms with Crippen molar-refractivity contribution in [2.24, 2.45) is 0 Å². The van der Waals surface area contributed by atoms with Crippen LogP contribution >= 0.6 is 23.3 Å². The Morgan fingerprint density at radius 1 is 1.14 bits per heavy atom. The molecule has 0 saturated carbocycles. The summed E-state index contributed by atoms with van der Waals surface area (Å²) in [7, 11) is 0. The van der Waals surface area contributed by atoms with E-state index >= 15 is 0 Å². The Hall–Kier alpha value is -2.18. The third-order valence-electron chi connectivity index (χ3n) is 2.87. The minimum Gasteiger partial charge on any atom is -0.376 e. The van der Waals surface area contributed by atoms with Gasteiger partial charge in [-0.1, -0.05) is 29.8 Å². The molecule has 0 spiro atoms. The van der Waals surface area contributed by atoms with E-state index in [0.29, 0.717) is 16.2 Å². The van der Waals surface area contributed by atoms with Crippen molar-refractivity contribution in [1.82, 2.24) is 8.75 Å². The fourth-order valence-corrected chi connectivity index (χ4v) is 2.61. The largest absolute Gasteiger partial charge is 0.376 e. The molecule has 3 aromatic rings. The number of hydrogen-bond donors (Lipinski definition) is 2. The maximum atomic E-state index is 12.0. The zero-order chi connectivity index (χ0) is 14.7. The van der Waals surface area contributed by atoms with E-state index in [1.54, 1.807) is 12.1 Å². The zero-order valence-electron chi connectivity index (χ0n) is 10.8. The van der Waals surface area contributed by atoms with Crippen molar-refractivity contribution in [3.8, 4) is 0 Å². The number of para-hydroxylation sites is 1. The number of carbonyl (C=O) groups excluding carboxylic acids is 1. The highest BCUT2D eigenvalue weighted by atomic mass is 35.5. The molecule has 0 bridgehead atoms. The Morgan fingerprint density at radius 2 is 1.95 bits per heavy atom. The van der Waals surface area contributed by atoms with Gasteiger partial charge in [0.25, 0.3) is 0 Å². The zero-order valence-corrected chi connectivity index (χ0v) is 12.4. The van der Waals surface area contributed by atoms with E-state index in [2.05, 4.69) is 19.4 Å². The molecule has 21 heavy (non-hydrogen) atoms. The van der Waals surface area contributed by atoms with Gasteiger partial charge in [0.05, 0.1) is 29.0 Å². The number of fused-ring (bicyclic) bond motifs is 1. The van der Waals surface area contributed by atoms with Crippen LogP contribution in [0.25, 0.3) is 11.0 Å². The third-order valence-corrected chi connectivity index (χ3v) is 3.73. The molecule has 0 unspecified atom stereocenters. The summed E-state index contributed by atoms with van der Waals surface area (Å²) in [5.74, 6) is -0.193. The first-order valence-corrected chi connectivity index (χ1v) is 7.34. The van der Waals surface area contributed by atoms with Gasteiger partial charge in [-0.25, -0.2) is 0 Å². The molecule has 0 saturated heterocycles. The first-order chi connectivity index (χ1) is 10.2. The SMILES string of the molecule is O=C(CNc1ccccc1)Nc1c(Cl)ccc2nsnc12. The van der Waals surface area contributed by atoms with Crippen molar-refractivity contribution in [3.05, 3.63) is 47.5 Å². The van der Waals surface area contributed by atoms with E-state index in [-0.39, 0.29) is 12.5 Å². The van der Waals surface area contributed by atoms with Crippen molar-refractivity contribution in [1.29, 1.82) is 0 Å². The molecule has 0 aliphatic rings. The van der Waals surface area contributed by atoms with Crippen molar-refractivity contribution in [2.75, 3.05) is 17.2 Å². The van der Waals surface area contributed by atoms with Crippen molar-refractivity contribution in [3.63, 3.8) is 0 Å². The van der Waals surface area contributed by atoms with Gasteiger partial charge in [-0.05, 0) is 24.3 Å². The fourth-order valence-electron chi connectivity index (χ4n) is 1.87. The second kappa shape index (κ2) is 6.07. The van der Waals surface area contributed by atoms with Crippen LogP contribution in [0.15, 0.2) is 42.5 Å². The van der Waals surface area contributed by atoms with Gasteiger partial charge in [0, 0.05) is 5.69 Å². The average Bonchev–Trinajstić information content (AvgIpc) is 2.98. The molecule has 106 valence electrons. The van der Waals surface area contributed by atoms with E-state index in [1.165, 1.54) is 0 Å². The molecular weight excluding hydrogens is 308 g/mol. The quantitative estimate of drug-likeness (QED) is 0.773. The predicted octanol–water partition coefficient (Wildman–Crippen LogP) is 3.40. The maximum absolute atomic E-state index is 12.0. The summed E-state index contributed by atoms with van der Waals surface area (Å²) in [6.45, 7) is 0.147. The number of aromatic nitrogens is 2. The number of nitrogens with zero attached hydrogens (tertiary/aromatic N) is 2. The first-order valence-electron chi connectivity index (χ1n) is 6.23. The molecule has 0 fully saturated rings. The summed E-state index contributed by atoms with van der Waals surface area (Å²) >= 11 is 7.21. The second-order valence-corrected chi connectivity index (χ2v) is 5.26. The van der Waals surface area contributed by atoms with Gasteiger partial charge >= 0.3 is 0 Å². The lowest BCUT2D eigenvalue weighted by Gasteiger charge is -2.09. The molecule has 1 amide bonds. The second-order valence-electron chi connectivity index (χ2n) is 4.32. The summed E-state index contributed by atoms with van der Waals surface area (Å²) in [5, 5.41) is 6.27. The lowest BCUT2D eigenvalue weighted by molar-refractivity contribution is -0.114. The molecule has 7 heteroatoms. The standard InChI is InChI=1S/C14H11ClN4OS/c15-10-6-7-11-14(19-21-18-11)13(10)17-12(20)8-16-9-4-2-1-3-5-9/h1-7,16H,8H2,(H,17,20). The molecule has 2 aromatic carbocycles. The monoisotopic (exact) mass is 318 g/mol. The number of halogens is 1. The van der Waals surface area contributed by atoms with E-state index in [9.17, 15) is 4.79 Å². The Labute approximate surface area is 130 Å². The number of nitrogens with one attached hydrogen (secondary N) is 2. The van der Waals surface area contributed by atoms with Crippen LogP contribution in [0.3, 0.4) is 0 Å². The van der Waals surface area contributed by atoms with Crippen LogP contribution in [0, 0.1) is 0 Å². The number of anilines is 2. The van der Waals surface area contributed by atoms with Gasteiger partial charge in [-0.15, -0.1) is 0 Å². The van der Waals surface area contributed by atoms with Crippen LogP contribution in [-0.2, 0) is 4.79 Å². The molecule has 0 radical (unpaired) electrons.